The molecule has 1 atom stereocenters. The summed E-state index contributed by atoms with van der Waals surface area (Å²) in [5, 5.41) is 5.10. The van der Waals surface area contributed by atoms with Crippen molar-refractivity contribution in [2.45, 2.75) is 25.6 Å². The van der Waals surface area contributed by atoms with Crippen molar-refractivity contribution < 1.29 is 22.4 Å². The summed E-state index contributed by atoms with van der Waals surface area (Å²) >= 11 is 0. The number of nitrogens with one attached hydrogen (secondary N) is 2. The van der Waals surface area contributed by atoms with E-state index in [0.29, 0.717) is 31.8 Å². The van der Waals surface area contributed by atoms with Gasteiger partial charge in [-0.25, -0.2) is 19.2 Å². The average Bonchev–Trinajstić information content (AvgIpc) is 2.99. The summed E-state index contributed by atoms with van der Waals surface area (Å²) < 4.78 is 52.3. The summed E-state index contributed by atoms with van der Waals surface area (Å²) in [4.78, 5) is 19.1. The molecule has 1 aliphatic heterocycles. The lowest BCUT2D eigenvalue weighted by Crippen LogP contribution is -2.36. The Balaban J connectivity index is 1.52. The van der Waals surface area contributed by atoms with E-state index < -0.39 is 23.7 Å². The maximum atomic E-state index is 12.7. The Hall–Kier alpha value is -2.65. The number of hydrogen-bond acceptors (Lipinski definition) is 3. The Bertz CT molecular complexity index is 756. The number of fused-ring (bicyclic) bond motifs is 1. The van der Waals surface area contributed by atoms with Gasteiger partial charge in [0.1, 0.15) is 17.5 Å². The lowest BCUT2D eigenvalue weighted by molar-refractivity contribution is -0.141. The van der Waals surface area contributed by atoms with E-state index in [1.165, 1.54) is 16.7 Å². The minimum atomic E-state index is -4.46. The van der Waals surface area contributed by atoms with Crippen molar-refractivity contribution in [3.63, 3.8) is 0 Å². The molecule has 2 aromatic heterocycles. The largest absolute Gasteiger partial charge is 0.434 e. The first kappa shape index (κ1) is 17.2. The summed E-state index contributed by atoms with van der Waals surface area (Å²) in [6.45, 7) is 0.652. The molecule has 0 aliphatic carbocycles. The minimum absolute atomic E-state index is 0.00490. The van der Waals surface area contributed by atoms with Gasteiger partial charge in [0.2, 0.25) is 0 Å². The highest BCUT2D eigenvalue weighted by atomic mass is 19.4. The van der Waals surface area contributed by atoms with Gasteiger partial charge in [0.25, 0.3) is 0 Å². The molecule has 3 heterocycles. The highest BCUT2D eigenvalue weighted by molar-refractivity contribution is 5.88. The van der Waals surface area contributed by atoms with Gasteiger partial charge in [-0.15, -0.1) is 0 Å². The number of nitrogens with zero attached hydrogens (tertiary/aromatic N) is 3. The highest BCUT2D eigenvalue weighted by Crippen LogP contribution is 2.30. The number of carbonyl (C=O) groups excluding carboxylic acids is 1. The van der Waals surface area contributed by atoms with Crippen molar-refractivity contribution in [1.29, 1.82) is 0 Å². The van der Waals surface area contributed by atoms with Gasteiger partial charge in [-0.1, -0.05) is 0 Å². The monoisotopic (exact) mass is 357 g/mol. The molecule has 3 rings (SSSR count). The van der Waals surface area contributed by atoms with E-state index in [9.17, 15) is 22.4 Å². The molecule has 2 N–H and O–H groups in total. The SMILES string of the molecule is O=C(NCC1CCc2nc(C(F)(F)F)cn2C1)Nc1ccc(F)cn1. The third-order valence-electron chi connectivity index (χ3n) is 3.90. The zero-order valence-corrected chi connectivity index (χ0v) is 13.0. The fourth-order valence-electron chi connectivity index (χ4n) is 2.67. The van der Waals surface area contributed by atoms with Crippen LogP contribution in [0.25, 0.3) is 0 Å². The molecular weight excluding hydrogens is 342 g/mol. The molecule has 0 saturated carbocycles. The average molecular weight is 357 g/mol. The van der Waals surface area contributed by atoms with Crippen LogP contribution in [-0.4, -0.2) is 27.1 Å². The number of pyridine rings is 1. The van der Waals surface area contributed by atoms with Crippen LogP contribution in [0.3, 0.4) is 0 Å². The zero-order valence-electron chi connectivity index (χ0n) is 13.0. The number of amides is 2. The maximum Gasteiger partial charge on any atom is 0.434 e. The zero-order chi connectivity index (χ0) is 18.0. The van der Waals surface area contributed by atoms with Crippen LogP contribution in [0.5, 0.6) is 0 Å². The quantitative estimate of drug-likeness (QED) is 0.830. The van der Waals surface area contributed by atoms with Crippen LogP contribution in [0.1, 0.15) is 17.9 Å². The predicted octanol–water partition coefficient (Wildman–Crippen LogP) is 2.82. The second-order valence-corrected chi connectivity index (χ2v) is 5.79. The number of halogens is 4. The number of anilines is 1. The van der Waals surface area contributed by atoms with E-state index in [-0.39, 0.29) is 11.7 Å². The second kappa shape index (κ2) is 6.69. The van der Waals surface area contributed by atoms with E-state index >= 15 is 0 Å². The summed E-state index contributed by atoms with van der Waals surface area (Å²) in [6.07, 6.45) is -1.42. The van der Waals surface area contributed by atoms with Gasteiger partial charge in [0.05, 0.1) is 6.20 Å². The van der Waals surface area contributed by atoms with Crippen LogP contribution in [0.4, 0.5) is 28.2 Å². The molecule has 2 amide bonds. The van der Waals surface area contributed by atoms with Crippen molar-refractivity contribution in [2.75, 3.05) is 11.9 Å². The van der Waals surface area contributed by atoms with E-state index in [2.05, 4.69) is 20.6 Å². The molecule has 25 heavy (non-hydrogen) atoms. The van der Waals surface area contributed by atoms with Gasteiger partial charge in [0, 0.05) is 25.7 Å². The first-order valence-electron chi connectivity index (χ1n) is 7.61. The van der Waals surface area contributed by atoms with Crippen LogP contribution >= 0.6 is 0 Å². The Kier molecular flexibility index (Phi) is 4.60. The van der Waals surface area contributed by atoms with Crippen molar-refractivity contribution in [2.24, 2.45) is 5.92 Å². The Labute approximate surface area is 140 Å². The molecule has 0 fully saturated rings. The Morgan fingerprint density at radius 1 is 1.36 bits per heavy atom. The van der Waals surface area contributed by atoms with Gasteiger partial charge in [-0.3, -0.25) is 5.32 Å². The van der Waals surface area contributed by atoms with Crippen molar-refractivity contribution in [3.8, 4) is 0 Å². The number of imidazole rings is 1. The summed E-state index contributed by atoms with van der Waals surface area (Å²) in [7, 11) is 0. The number of aromatic nitrogens is 3. The van der Waals surface area contributed by atoms with E-state index in [4.69, 9.17) is 0 Å². The van der Waals surface area contributed by atoms with E-state index in [1.807, 2.05) is 0 Å². The third kappa shape index (κ3) is 4.25. The molecule has 0 spiro atoms. The molecule has 1 unspecified atom stereocenters. The minimum Gasteiger partial charge on any atom is -0.337 e. The number of aryl methyl sites for hydroxylation is 1. The molecule has 0 aromatic carbocycles. The molecule has 0 bridgehead atoms. The van der Waals surface area contributed by atoms with E-state index in [0.717, 1.165) is 12.4 Å². The smallest absolute Gasteiger partial charge is 0.337 e. The normalized spacial score (nSPS) is 17.0. The summed E-state index contributed by atoms with van der Waals surface area (Å²) in [6, 6.07) is 1.99. The fraction of sp³-hybridized carbons (Fsp3) is 0.400. The van der Waals surface area contributed by atoms with Crippen molar-refractivity contribution in [3.05, 3.63) is 41.9 Å². The number of rotatable bonds is 3. The molecule has 0 saturated heterocycles. The predicted molar refractivity (Wildman–Crippen MR) is 80.3 cm³/mol. The highest BCUT2D eigenvalue weighted by Gasteiger charge is 2.35. The van der Waals surface area contributed by atoms with Crippen molar-refractivity contribution >= 4 is 11.8 Å². The van der Waals surface area contributed by atoms with Crippen LogP contribution in [0.15, 0.2) is 24.5 Å². The summed E-state index contributed by atoms with van der Waals surface area (Å²) in [5.74, 6) is 0.0926. The van der Waals surface area contributed by atoms with Crippen molar-refractivity contribution in [1.82, 2.24) is 19.9 Å². The van der Waals surface area contributed by atoms with Gasteiger partial charge < -0.3 is 9.88 Å². The molecule has 2 aromatic rings. The fourth-order valence-corrected chi connectivity index (χ4v) is 2.67. The van der Waals surface area contributed by atoms with Gasteiger partial charge in [0.15, 0.2) is 5.69 Å². The first-order valence-corrected chi connectivity index (χ1v) is 7.61. The van der Waals surface area contributed by atoms with Crippen LogP contribution < -0.4 is 10.6 Å². The van der Waals surface area contributed by atoms with Crippen LogP contribution in [-0.2, 0) is 19.1 Å². The number of urea groups is 1. The molecule has 10 heteroatoms. The lowest BCUT2D eigenvalue weighted by Gasteiger charge is -2.23. The topological polar surface area (TPSA) is 71.8 Å². The van der Waals surface area contributed by atoms with Gasteiger partial charge in [-0.05, 0) is 24.5 Å². The Morgan fingerprint density at radius 2 is 2.16 bits per heavy atom. The van der Waals surface area contributed by atoms with Gasteiger partial charge in [-0.2, -0.15) is 13.2 Å². The van der Waals surface area contributed by atoms with Gasteiger partial charge >= 0.3 is 12.2 Å². The second-order valence-electron chi connectivity index (χ2n) is 5.79. The summed E-state index contributed by atoms with van der Waals surface area (Å²) in [5.41, 5.74) is -0.892. The number of alkyl halides is 3. The molecule has 6 nitrogen and oxygen atoms in total. The molecular formula is C15H15F4N5O. The first-order chi connectivity index (χ1) is 11.8. The maximum absolute atomic E-state index is 12.7. The van der Waals surface area contributed by atoms with E-state index in [1.54, 1.807) is 0 Å². The van der Waals surface area contributed by atoms with Crippen LogP contribution in [0, 0.1) is 11.7 Å². The van der Waals surface area contributed by atoms with Crippen LogP contribution in [0.2, 0.25) is 0 Å². The lowest BCUT2D eigenvalue weighted by atomic mass is 9.99. The molecule has 0 radical (unpaired) electrons. The Morgan fingerprint density at radius 3 is 2.84 bits per heavy atom. The molecule has 134 valence electrons. The standard InChI is InChI=1S/C15H15F4N5O/c16-10-2-3-12(20-6-10)23-14(25)21-5-9-1-4-13-22-11(15(17,18)19)8-24(13)7-9/h2-3,6,8-9H,1,4-5,7H2,(H2,20,21,23,25). The number of hydrogen-bond donors (Lipinski definition) is 2. The third-order valence-corrected chi connectivity index (χ3v) is 3.90. The molecule has 1 aliphatic rings. The number of carbonyl (C=O) groups is 1.